The lowest BCUT2D eigenvalue weighted by atomic mass is 10.2. The fraction of sp³-hybridized carbons (Fsp3) is 0.0435. The maximum absolute atomic E-state index is 12.4. The number of nitrogens with zero attached hydrogens (tertiary/aromatic N) is 1. The number of amidine groups is 1. The fourth-order valence-corrected chi connectivity index (χ4v) is 5.01. The summed E-state index contributed by atoms with van der Waals surface area (Å²) < 4.78 is 5.79. The van der Waals surface area contributed by atoms with E-state index >= 15 is 0 Å². The lowest BCUT2D eigenvalue weighted by Gasteiger charge is -2.11. The standard InChI is InChI=1S/C23H12Cl6N2O2S/c24-13-5-4-11(6-15(13)26)10-33-21-16(27)7-12(8-17(21)28)9-19-22(32)31-23(34-19)30-18-3-1-2-14(25)20(18)29/h1-9H,10H2,(H,30,31,32)/b19-9+. The Bertz CT molecular complexity index is 1340. The van der Waals surface area contributed by atoms with Gasteiger partial charge in [-0.3, -0.25) is 4.79 Å². The molecule has 1 aliphatic rings. The van der Waals surface area contributed by atoms with Gasteiger partial charge in [0.15, 0.2) is 10.9 Å². The van der Waals surface area contributed by atoms with Crippen molar-refractivity contribution >= 4 is 104 Å². The van der Waals surface area contributed by atoms with Crippen LogP contribution in [0.5, 0.6) is 5.75 Å². The van der Waals surface area contributed by atoms with Crippen molar-refractivity contribution in [2.45, 2.75) is 6.61 Å². The molecule has 0 saturated carbocycles. The summed E-state index contributed by atoms with van der Waals surface area (Å²) in [5.74, 6) is 0.00650. The molecule has 0 bridgehead atoms. The van der Waals surface area contributed by atoms with E-state index in [4.69, 9.17) is 74.3 Å². The van der Waals surface area contributed by atoms with Crippen LogP contribution in [0.3, 0.4) is 0 Å². The number of hydrogen-bond acceptors (Lipinski definition) is 4. The molecule has 174 valence electrons. The summed E-state index contributed by atoms with van der Waals surface area (Å²) in [5, 5.41) is 5.22. The second kappa shape index (κ2) is 11.0. The molecular weight excluding hydrogens is 581 g/mol. The Morgan fingerprint density at radius 1 is 0.882 bits per heavy atom. The molecule has 1 heterocycles. The summed E-state index contributed by atoms with van der Waals surface area (Å²) in [6, 6.07) is 13.6. The summed E-state index contributed by atoms with van der Waals surface area (Å²) in [6.07, 6.45) is 1.66. The molecule has 1 amide bonds. The molecule has 3 aromatic carbocycles. The third kappa shape index (κ3) is 5.97. The third-order valence-corrected chi connectivity index (χ3v) is 7.51. The second-order valence-corrected chi connectivity index (χ2v) is 10.4. The smallest absolute Gasteiger partial charge is 0.264 e. The van der Waals surface area contributed by atoms with Crippen LogP contribution in [0.15, 0.2) is 58.4 Å². The van der Waals surface area contributed by atoms with Crippen LogP contribution in [-0.4, -0.2) is 11.1 Å². The van der Waals surface area contributed by atoms with Gasteiger partial charge in [0.25, 0.3) is 5.91 Å². The van der Waals surface area contributed by atoms with E-state index in [-0.39, 0.29) is 12.5 Å². The number of halogens is 6. The Morgan fingerprint density at radius 2 is 1.62 bits per heavy atom. The van der Waals surface area contributed by atoms with Gasteiger partial charge >= 0.3 is 0 Å². The summed E-state index contributed by atoms with van der Waals surface area (Å²) in [6.45, 7) is 0.195. The van der Waals surface area contributed by atoms with Gasteiger partial charge in [0.2, 0.25) is 0 Å². The van der Waals surface area contributed by atoms with Crippen molar-refractivity contribution in [3.05, 3.63) is 94.7 Å². The van der Waals surface area contributed by atoms with Gasteiger partial charge in [-0.05, 0) is 65.4 Å². The summed E-state index contributed by atoms with van der Waals surface area (Å²) in [4.78, 5) is 17.2. The number of thioether (sulfide) groups is 1. The van der Waals surface area contributed by atoms with Crippen LogP contribution in [0.2, 0.25) is 30.1 Å². The zero-order valence-corrected chi connectivity index (χ0v) is 22.2. The number of nitrogens with one attached hydrogen (secondary N) is 1. The van der Waals surface area contributed by atoms with Gasteiger partial charge in [0.05, 0.1) is 40.7 Å². The first-order valence-corrected chi connectivity index (χ1v) is 12.6. The molecule has 4 rings (SSSR count). The predicted molar refractivity (Wildman–Crippen MR) is 145 cm³/mol. The molecular formula is C23H12Cl6N2O2S. The van der Waals surface area contributed by atoms with E-state index in [1.165, 1.54) is 0 Å². The van der Waals surface area contributed by atoms with Crippen LogP contribution < -0.4 is 10.1 Å². The molecule has 1 aliphatic heterocycles. The predicted octanol–water partition coefficient (Wildman–Crippen LogP) is 9.08. The van der Waals surface area contributed by atoms with Crippen molar-refractivity contribution in [1.29, 1.82) is 0 Å². The first-order chi connectivity index (χ1) is 16.2. The maximum Gasteiger partial charge on any atom is 0.264 e. The SMILES string of the molecule is O=C1NC(=Nc2cccc(Cl)c2Cl)S/C1=C/c1cc(Cl)c(OCc2ccc(Cl)c(Cl)c2)c(Cl)c1. The minimum Gasteiger partial charge on any atom is -0.486 e. The van der Waals surface area contributed by atoms with Crippen LogP contribution in [0, 0.1) is 0 Å². The quantitative estimate of drug-likeness (QED) is 0.301. The normalized spacial score (nSPS) is 15.8. The Kier molecular flexibility index (Phi) is 8.26. The molecule has 0 spiro atoms. The molecule has 11 heteroatoms. The van der Waals surface area contributed by atoms with Gasteiger partial charge in [-0.15, -0.1) is 0 Å². The van der Waals surface area contributed by atoms with Crippen molar-refractivity contribution < 1.29 is 9.53 Å². The van der Waals surface area contributed by atoms with Gasteiger partial charge in [0, 0.05) is 0 Å². The highest BCUT2D eigenvalue weighted by Gasteiger charge is 2.24. The Hall–Kier alpha value is -1.57. The average Bonchev–Trinajstić information content (AvgIpc) is 3.12. The zero-order chi connectivity index (χ0) is 24.4. The molecule has 0 atom stereocenters. The minimum atomic E-state index is -0.311. The molecule has 1 saturated heterocycles. The number of ether oxygens (including phenoxy) is 1. The van der Waals surface area contributed by atoms with E-state index in [1.54, 1.807) is 54.6 Å². The van der Waals surface area contributed by atoms with Gasteiger partial charge < -0.3 is 10.1 Å². The number of aliphatic imine (C=N–C) groups is 1. The number of rotatable bonds is 5. The van der Waals surface area contributed by atoms with Crippen LogP contribution in [0.4, 0.5) is 5.69 Å². The molecule has 1 fully saturated rings. The molecule has 4 nitrogen and oxygen atoms in total. The lowest BCUT2D eigenvalue weighted by Crippen LogP contribution is -2.19. The number of benzene rings is 3. The number of carbonyl (C=O) groups is 1. The highest BCUT2D eigenvalue weighted by Crippen LogP contribution is 2.38. The van der Waals surface area contributed by atoms with Crippen molar-refractivity contribution in [2.75, 3.05) is 0 Å². The van der Waals surface area contributed by atoms with Gasteiger partial charge in [-0.25, -0.2) is 4.99 Å². The van der Waals surface area contributed by atoms with E-state index in [0.717, 1.165) is 17.3 Å². The number of carbonyl (C=O) groups excluding carboxylic acids is 1. The van der Waals surface area contributed by atoms with E-state index in [2.05, 4.69) is 10.3 Å². The first kappa shape index (κ1) is 25.5. The van der Waals surface area contributed by atoms with Crippen molar-refractivity contribution in [3.63, 3.8) is 0 Å². The lowest BCUT2D eigenvalue weighted by molar-refractivity contribution is -0.115. The van der Waals surface area contributed by atoms with Crippen LogP contribution >= 0.6 is 81.4 Å². The van der Waals surface area contributed by atoms with Crippen molar-refractivity contribution in [1.82, 2.24) is 5.32 Å². The summed E-state index contributed by atoms with van der Waals surface area (Å²) in [5.41, 5.74) is 1.88. The maximum atomic E-state index is 12.4. The summed E-state index contributed by atoms with van der Waals surface area (Å²) in [7, 11) is 0. The fourth-order valence-electron chi connectivity index (χ4n) is 2.91. The average molecular weight is 593 g/mol. The molecule has 0 aromatic heterocycles. The Balaban J connectivity index is 1.51. The summed E-state index contributed by atoms with van der Waals surface area (Å²) >= 11 is 38.1. The highest BCUT2D eigenvalue weighted by atomic mass is 35.5. The molecule has 34 heavy (non-hydrogen) atoms. The van der Waals surface area contributed by atoms with E-state index < -0.39 is 0 Å². The van der Waals surface area contributed by atoms with Crippen LogP contribution in [0.25, 0.3) is 6.08 Å². The topological polar surface area (TPSA) is 50.7 Å². The molecule has 0 unspecified atom stereocenters. The second-order valence-electron chi connectivity index (χ2n) is 6.91. The Labute approximate surface area is 229 Å². The molecule has 0 radical (unpaired) electrons. The van der Waals surface area contributed by atoms with Crippen molar-refractivity contribution in [3.8, 4) is 5.75 Å². The monoisotopic (exact) mass is 590 g/mol. The van der Waals surface area contributed by atoms with Gasteiger partial charge in [0.1, 0.15) is 6.61 Å². The number of amides is 1. The van der Waals surface area contributed by atoms with Crippen LogP contribution in [0.1, 0.15) is 11.1 Å². The zero-order valence-electron chi connectivity index (χ0n) is 16.8. The van der Waals surface area contributed by atoms with Crippen molar-refractivity contribution in [2.24, 2.45) is 4.99 Å². The van der Waals surface area contributed by atoms with Gasteiger partial charge in [-0.2, -0.15) is 0 Å². The van der Waals surface area contributed by atoms with E-state index in [0.29, 0.717) is 57.2 Å². The first-order valence-electron chi connectivity index (χ1n) is 9.50. The highest BCUT2D eigenvalue weighted by molar-refractivity contribution is 8.18. The number of hydrogen-bond donors (Lipinski definition) is 1. The Morgan fingerprint density at radius 3 is 2.32 bits per heavy atom. The largest absolute Gasteiger partial charge is 0.486 e. The van der Waals surface area contributed by atoms with E-state index in [1.807, 2.05) is 0 Å². The third-order valence-electron chi connectivity index (χ3n) is 4.49. The molecule has 3 aromatic rings. The molecule has 1 N–H and O–H groups in total. The van der Waals surface area contributed by atoms with Gasteiger partial charge in [-0.1, -0.05) is 81.7 Å². The minimum absolute atomic E-state index is 0.195. The molecule has 0 aliphatic carbocycles. The van der Waals surface area contributed by atoms with Crippen LogP contribution in [-0.2, 0) is 11.4 Å². The van der Waals surface area contributed by atoms with E-state index in [9.17, 15) is 4.79 Å².